The molecule has 1 N–H and O–H groups in total. The summed E-state index contributed by atoms with van der Waals surface area (Å²) in [5.74, 6) is 0.233. The molecule has 3 aromatic rings. The lowest BCUT2D eigenvalue weighted by Crippen LogP contribution is -2.31. The molecule has 2 fully saturated rings. The normalized spacial score (nSPS) is 20.2. The lowest BCUT2D eigenvalue weighted by Gasteiger charge is -2.23. The maximum atomic E-state index is 13.6. The van der Waals surface area contributed by atoms with Gasteiger partial charge in [0, 0.05) is 19.3 Å². The minimum absolute atomic E-state index is 0.0740. The number of aromatic nitrogens is 2. The summed E-state index contributed by atoms with van der Waals surface area (Å²) in [6.07, 6.45) is 5.38. The number of amides is 1. The van der Waals surface area contributed by atoms with Crippen LogP contribution in [0.15, 0.2) is 58.4 Å². The summed E-state index contributed by atoms with van der Waals surface area (Å²) in [6, 6.07) is 13.3. The number of hydrogen-bond donors (Lipinski definition) is 1. The highest BCUT2D eigenvalue weighted by molar-refractivity contribution is 8.26. The number of anilines is 1. The molecule has 2 saturated heterocycles. The maximum Gasteiger partial charge on any atom is 0.267 e. The molecular weight excluding hydrogens is 480 g/mol. The lowest BCUT2D eigenvalue weighted by atomic mass is 10.1. The van der Waals surface area contributed by atoms with Gasteiger partial charge in [0.25, 0.3) is 11.5 Å². The fourth-order valence-electron chi connectivity index (χ4n) is 4.42. The van der Waals surface area contributed by atoms with Crippen LogP contribution < -0.4 is 10.9 Å². The van der Waals surface area contributed by atoms with Crippen LogP contribution in [0.5, 0.6) is 0 Å². The molecule has 35 heavy (non-hydrogen) atoms. The highest BCUT2D eigenvalue weighted by atomic mass is 32.2. The van der Waals surface area contributed by atoms with E-state index in [4.69, 9.17) is 21.9 Å². The highest BCUT2D eigenvalue weighted by Gasteiger charge is 2.36. The van der Waals surface area contributed by atoms with Gasteiger partial charge in [-0.3, -0.25) is 18.9 Å². The topological polar surface area (TPSA) is 75.9 Å². The predicted octanol–water partition coefficient (Wildman–Crippen LogP) is 4.56. The number of carbonyl (C=O) groups is 1. The van der Waals surface area contributed by atoms with Gasteiger partial charge in [-0.15, -0.1) is 0 Å². The number of benzene rings is 1. The van der Waals surface area contributed by atoms with Gasteiger partial charge in [-0.05, 0) is 50.0 Å². The molecule has 0 bridgehead atoms. The van der Waals surface area contributed by atoms with Crippen LogP contribution in [0.1, 0.15) is 42.5 Å². The van der Waals surface area contributed by atoms with Gasteiger partial charge in [-0.2, -0.15) is 0 Å². The van der Waals surface area contributed by atoms with E-state index in [2.05, 4.69) is 5.32 Å². The number of rotatable bonds is 6. The fourth-order valence-corrected chi connectivity index (χ4v) is 5.82. The molecule has 2 aliphatic rings. The SMILES string of the molecule is Cc1cccn2c(=O)c(/C=C3\SC(=S)N([C@@H](C)c4ccccc4)C3=O)c(NC[C@H]3CCCO3)nc12. The minimum atomic E-state index is -0.241. The Hall–Kier alpha value is -3.01. The van der Waals surface area contributed by atoms with Crippen molar-refractivity contribution in [1.82, 2.24) is 14.3 Å². The first-order valence-corrected chi connectivity index (χ1v) is 12.9. The number of fused-ring (bicyclic) bond motifs is 1. The number of carbonyl (C=O) groups excluding carboxylic acids is 1. The van der Waals surface area contributed by atoms with Crippen LogP contribution in [0.4, 0.5) is 5.82 Å². The van der Waals surface area contributed by atoms with E-state index in [1.54, 1.807) is 17.2 Å². The number of nitrogens with zero attached hydrogens (tertiary/aromatic N) is 3. The van der Waals surface area contributed by atoms with Crippen molar-refractivity contribution in [1.29, 1.82) is 0 Å². The number of pyridine rings is 1. The molecule has 0 aliphatic carbocycles. The largest absolute Gasteiger partial charge is 0.376 e. The molecule has 2 atom stereocenters. The number of nitrogens with one attached hydrogen (secondary N) is 1. The van der Waals surface area contributed by atoms with Crippen LogP contribution in [0.25, 0.3) is 11.7 Å². The quantitative estimate of drug-likeness (QED) is 0.388. The van der Waals surface area contributed by atoms with Gasteiger partial charge >= 0.3 is 0 Å². The van der Waals surface area contributed by atoms with Crippen LogP contribution in [0.3, 0.4) is 0 Å². The summed E-state index contributed by atoms with van der Waals surface area (Å²) in [5.41, 5.74) is 2.55. The van der Waals surface area contributed by atoms with E-state index < -0.39 is 0 Å². The standard InChI is InChI=1S/C26H26N4O3S2/c1-16-8-6-12-29-23(16)28-22(27-15-19-11-7-13-33-19)20(24(29)31)14-21-25(32)30(26(34)35-21)17(2)18-9-4-3-5-10-18/h3-6,8-10,12,14,17,19,27H,7,11,13,15H2,1-2H3/b21-14-/t17-,19+/m0/s1. The zero-order chi connectivity index (χ0) is 24.5. The molecule has 0 unspecified atom stereocenters. The van der Waals surface area contributed by atoms with Gasteiger partial charge in [0.1, 0.15) is 15.8 Å². The first-order valence-electron chi connectivity index (χ1n) is 11.6. The van der Waals surface area contributed by atoms with Gasteiger partial charge < -0.3 is 10.1 Å². The van der Waals surface area contributed by atoms with Gasteiger partial charge in [0.15, 0.2) is 0 Å². The molecule has 0 spiro atoms. The molecule has 1 amide bonds. The monoisotopic (exact) mass is 506 g/mol. The van der Waals surface area contributed by atoms with Crippen molar-refractivity contribution in [3.63, 3.8) is 0 Å². The Morgan fingerprint density at radius 3 is 2.80 bits per heavy atom. The van der Waals surface area contributed by atoms with E-state index in [0.29, 0.717) is 32.8 Å². The number of thioether (sulfide) groups is 1. The van der Waals surface area contributed by atoms with Crippen molar-refractivity contribution in [2.24, 2.45) is 0 Å². The minimum Gasteiger partial charge on any atom is -0.376 e. The molecule has 5 rings (SSSR count). The molecule has 4 heterocycles. The van der Waals surface area contributed by atoms with Crippen LogP contribution in [0.2, 0.25) is 0 Å². The van der Waals surface area contributed by atoms with Gasteiger partial charge in [-0.25, -0.2) is 4.98 Å². The fraction of sp³-hybridized carbons (Fsp3) is 0.308. The van der Waals surface area contributed by atoms with E-state index in [1.807, 2.05) is 56.3 Å². The third-order valence-corrected chi connectivity index (χ3v) is 7.70. The second-order valence-corrected chi connectivity index (χ2v) is 10.4. The van der Waals surface area contributed by atoms with Crippen molar-refractivity contribution < 1.29 is 9.53 Å². The molecule has 7 nitrogen and oxygen atoms in total. The molecular formula is C26H26N4O3S2. The molecule has 180 valence electrons. The van der Waals surface area contributed by atoms with Crippen molar-refractivity contribution in [3.8, 4) is 0 Å². The molecule has 1 aromatic carbocycles. The van der Waals surface area contributed by atoms with Crippen LogP contribution in [-0.4, -0.2) is 43.8 Å². The molecule has 0 saturated carbocycles. The van der Waals surface area contributed by atoms with Gasteiger partial charge in [0.2, 0.25) is 0 Å². The summed E-state index contributed by atoms with van der Waals surface area (Å²) in [7, 11) is 0. The van der Waals surface area contributed by atoms with Gasteiger partial charge in [-0.1, -0.05) is 60.4 Å². The lowest BCUT2D eigenvalue weighted by molar-refractivity contribution is -0.123. The number of hydrogen-bond acceptors (Lipinski definition) is 7. The zero-order valence-electron chi connectivity index (χ0n) is 19.6. The highest BCUT2D eigenvalue weighted by Crippen LogP contribution is 2.38. The smallest absolute Gasteiger partial charge is 0.267 e. The second-order valence-electron chi connectivity index (χ2n) is 8.72. The number of ether oxygens (including phenoxy) is 1. The molecule has 9 heteroatoms. The average Bonchev–Trinajstić information content (AvgIpc) is 3.48. The Balaban J connectivity index is 1.54. The van der Waals surface area contributed by atoms with E-state index in [0.717, 1.165) is 30.6 Å². The second kappa shape index (κ2) is 9.93. The van der Waals surface area contributed by atoms with Crippen LogP contribution in [0, 0.1) is 6.92 Å². The van der Waals surface area contributed by atoms with Crippen LogP contribution >= 0.6 is 24.0 Å². The van der Waals surface area contributed by atoms with E-state index in [9.17, 15) is 9.59 Å². The third-order valence-electron chi connectivity index (χ3n) is 6.37. The average molecular weight is 507 g/mol. The van der Waals surface area contributed by atoms with E-state index in [1.165, 1.54) is 16.2 Å². The van der Waals surface area contributed by atoms with Crippen molar-refractivity contribution >= 4 is 51.7 Å². The first-order chi connectivity index (χ1) is 16.9. The summed E-state index contributed by atoms with van der Waals surface area (Å²) in [5, 5.41) is 3.31. The maximum absolute atomic E-state index is 13.6. The summed E-state index contributed by atoms with van der Waals surface area (Å²) in [4.78, 5) is 33.8. The Bertz CT molecular complexity index is 1380. The van der Waals surface area contributed by atoms with Crippen molar-refractivity contribution in [2.45, 2.75) is 38.8 Å². The Kier molecular flexibility index (Phi) is 6.73. The zero-order valence-corrected chi connectivity index (χ0v) is 21.2. The number of aryl methyl sites for hydroxylation is 1. The Morgan fingerprint density at radius 2 is 2.06 bits per heavy atom. The van der Waals surface area contributed by atoms with Crippen molar-refractivity contribution in [3.05, 3.63) is 80.6 Å². The van der Waals surface area contributed by atoms with E-state index >= 15 is 0 Å². The van der Waals surface area contributed by atoms with Gasteiger partial charge in [0.05, 0.1) is 22.6 Å². The van der Waals surface area contributed by atoms with Crippen LogP contribution in [-0.2, 0) is 9.53 Å². The third kappa shape index (κ3) is 4.63. The predicted molar refractivity (Wildman–Crippen MR) is 144 cm³/mol. The first kappa shape index (κ1) is 23.7. The van der Waals surface area contributed by atoms with E-state index in [-0.39, 0.29) is 23.6 Å². The summed E-state index contributed by atoms with van der Waals surface area (Å²) in [6.45, 7) is 5.16. The molecule has 0 radical (unpaired) electrons. The summed E-state index contributed by atoms with van der Waals surface area (Å²) < 4.78 is 7.72. The van der Waals surface area contributed by atoms with Crippen molar-refractivity contribution in [2.75, 3.05) is 18.5 Å². The summed E-state index contributed by atoms with van der Waals surface area (Å²) >= 11 is 6.78. The Morgan fingerprint density at radius 1 is 1.26 bits per heavy atom. The number of thiocarbonyl (C=S) groups is 1. The molecule has 2 aromatic heterocycles. The molecule has 2 aliphatic heterocycles. The Labute approximate surface area is 213 Å².